The molecule has 2 heteroatoms. The van der Waals surface area contributed by atoms with Gasteiger partial charge in [0, 0.05) is 16.6 Å². The summed E-state index contributed by atoms with van der Waals surface area (Å²) in [5.74, 6) is 0.115. The molecule has 0 aliphatic heterocycles. The Labute approximate surface area is 82.9 Å². The van der Waals surface area contributed by atoms with Crippen LogP contribution in [0.3, 0.4) is 0 Å². The van der Waals surface area contributed by atoms with E-state index in [1.165, 1.54) is 0 Å². The Kier molecular flexibility index (Phi) is 2.06. The minimum atomic E-state index is -0.116. The van der Waals surface area contributed by atoms with E-state index in [2.05, 4.69) is 4.98 Å². The monoisotopic (exact) mass is 191 g/mol. The van der Waals surface area contributed by atoms with Gasteiger partial charge in [-0.2, -0.15) is 0 Å². The zero-order valence-electron chi connectivity index (χ0n) is 8.69. The molecule has 1 heterocycles. The number of halogens is 1. The summed E-state index contributed by atoms with van der Waals surface area (Å²) >= 11 is 0. The normalized spacial score (nSPS) is 11.5. The molecular formula is C12H14FN. The van der Waals surface area contributed by atoms with E-state index in [0.29, 0.717) is 0 Å². The first-order chi connectivity index (χ1) is 6.58. The van der Waals surface area contributed by atoms with Gasteiger partial charge in [-0.25, -0.2) is 4.39 Å². The molecule has 0 amide bonds. The van der Waals surface area contributed by atoms with Gasteiger partial charge >= 0.3 is 0 Å². The van der Waals surface area contributed by atoms with Gasteiger partial charge < -0.3 is 4.98 Å². The van der Waals surface area contributed by atoms with Gasteiger partial charge in [0.05, 0.1) is 0 Å². The summed E-state index contributed by atoms with van der Waals surface area (Å²) < 4.78 is 13.6. The van der Waals surface area contributed by atoms with E-state index >= 15 is 0 Å². The van der Waals surface area contributed by atoms with E-state index in [0.717, 1.165) is 22.2 Å². The van der Waals surface area contributed by atoms with Crippen LogP contribution in [0.4, 0.5) is 4.39 Å². The van der Waals surface area contributed by atoms with Gasteiger partial charge in [-0.1, -0.05) is 13.8 Å². The van der Waals surface area contributed by atoms with Crippen LogP contribution in [0, 0.1) is 12.7 Å². The van der Waals surface area contributed by atoms with Crippen molar-refractivity contribution in [1.29, 1.82) is 0 Å². The second-order valence-electron chi connectivity index (χ2n) is 4.07. The van der Waals surface area contributed by atoms with Crippen molar-refractivity contribution >= 4 is 10.9 Å². The molecular weight excluding hydrogens is 177 g/mol. The second-order valence-corrected chi connectivity index (χ2v) is 4.07. The molecule has 1 N–H and O–H groups in total. The molecule has 14 heavy (non-hydrogen) atoms. The zero-order chi connectivity index (χ0) is 10.3. The summed E-state index contributed by atoms with van der Waals surface area (Å²) in [5.41, 5.74) is 2.74. The molecule has 0 fully saturated rings. The van der Waals surface area contributed by atoms with Crippen molar-refractivity contribution in [3.05, 3.63) is 35.3 Å². The third-order valence-corrected chi connectivity index (χ3v) is 2.49. The van der Waals surface area contributed by atoms with Crippen LogP contribution < -0.4 is 0 Å². The van der Waals surface area contributed by atoms with E-state index in [1.54, 1.807) is 6.07 Å². The predicted molar refractivity (Wildman–Crippen MR) is 57.1 cm³/mol. The van der Waals surface area contributed by atoms with Gasteiger partial charge in [0.2, 0.25) is 0 Å². The number of rotatable bonds is 1. The largest absolute Gasteiger partial charge is 0.359 e. The molecule has 0 atom stereocenters. The summed E-state index contributed by atoms with van der Waals surface area (Å²) in [6.45, 7) is 5.99. The third kappa shape index (κ3) is 1.41. The van der Waals surface area contributed by atoms with Crippen LogP contribution in [-0.4, -0.2) is 4.98 Å². The van der Waals surface area contributed by atoms with Gasteiger partial charge in [-0.05, 0) is 36.6 Å². The Morgan fingerprint density at radius 3 is 2.57 bits per heavy atom. The summed E-state index contributed by atoms with van der Waals surface area (Å²) in [4.78, 5) is 3.13. The average Bonchev–Trinajstić information content (AvgIpc) is 2.42. The fraction of sp³-hybridized carbons (Fsp3) is 0.333. The van der Waals surface area contributed by atoms with E-state index in [1.807, 2.05) is 32.9 Å². The SMILES string of the molecule is Cc1cc2cc(C(C)C)c(F)cc2[nH]1. The van der Waals surface area contributed by atoms with Gasteiger partial charge in [0.25, 0.3) is 0 Å². The molecule has 0 saturated carbocycles. The predicted octanol–water partition coefficient (Wildman–Crippen LogP) is 3.74. The fourth-order valence-corrected chi connectivity index (χ4v) is 1.76. The average molecular weight is 191 g/mol. The van der Waals surface area contributed by atoms with Crippen molar-refractivity contribution in [1.82, 2.24) is 4.98 Å². The van der Waals surface area contributed by atoms with Gasteiger partial charge in [0.1, 0.15) is 5.82 Å². The smallest absolute Gasteiger partial charge is 0.128 e. The lowest BCUT2D eigenvalue weighted by atomic mass is 10.0. The molecule has 1 aromatic heterocycles. The third-order valence-electron chi connectivity index (χ3n) is 2.49. The van der Waals surface area contributed by atoms with Crippen LogP contribution >= 0.6 is 0 Å². The first kappa shape index (κ1) is 9.25. The van der Waals surface area contributed by atoms with Crippen molar-refractivity contribution in [2.45, 2.75) is 26.7 Å². The van der Waals surface area contributed by atoms with Gasteiger partial charge in [-0.3, -0.25) is 0 Å². The molecule has 2 aromatic rings. The minimum Gasteiger partial charge on any atom is -0.359 e. The van der Waals surface area contributed by atoms with Gasteiger partial charge in [0.15, 0.2) is 0 Å². The number of nitrogens with one attached hydrogen (secondary N) is 1. The Morgan fingerprint density at radius 2 is 1.93 bits per heavy atom. The molecule has 2 rings (SSSR count). The molecule has 0 aliphatic carbocycles. The fourth-order valence-electron chi connectivity index (χ4n) is 1.76. The van der Waals surface area contributed by atoms with E-state index in [4.69, 9.17) is 0 Å². The lowest BCUT2D eigenvalue weighted by molar-refractivity contribution is 0.600. The number of hydrogen-bond donors (Lipinski definition) is 1. The Morgan fingerprint density at radius 1 is 1.21 bits per heavy atom. The topological polar surface area (TPSA) is 15.8 Å². The maximum Gasteiger partial charge on any atom is 0.128 e. The number of aromatic amines is 1. The van der Waals surface area contributed by atoms with E-state index < -0.39 is 0 Å². The van der Waals surface area contributed by atoms with Crippen molar-refractivity contribution in [3.8, 4) is 0 Å². The minimum absolute atomic E-state index is 0.116. The van der Waals surface area contributed by atoms with Crippen molar-refractivity contribution < 1.29 is 4.39 Å². The number of fused-ring (bicyclic) bond motifs is 1. The molecule has 1 nitrogen and oxygen atoms in total. The van der Waals surface area contributed by atoms with E-state index in [-0.39, 0.29) is 11.7 Å². The summed E-state index contributed by atoms with van der Waals surface area (Å²) in [6.07, 6.45) is 0. The van der Waals surface area contributed by atoms with Crippen molar-refractivity contribution in [3.63, 3.8) is 0 Å². The number of H-pyrrole nitrogens is 1. The molecule has 0 unspecified atom stereocenters. The van der Waals surface area contributed by atoms with Crippen LogP contribution in [0.1, 0.15) is 31.0 Å². The molecule has 0 saturated heterocycles. The van der Waals surface area contributed by atoms with Crippen LogP contribution in [0.25, 0.3) is 10.9 Å². The molecule has 74 valence electrons. The highest BCUT2D eigenvalue weighted by Crippen LogP contribution is 2.24. The molecule has 0 bridgehead atoms. The summed E-state index contributed by atoms with van der Waals surface area (Å²) in [6, 6.07) is 5.55. The molecule has 0 spiro atoms. The molecule has 1 aromatic carbocycles. The van der Waals surface area contributed by atoms with Crippen LogP contribution in [0.15, 0.2) is 18.2 Å². The summed E-state index contributed by atoms with van der Waals surface area (Å²) in [7, 11) is 0. The first-order valence-corrected chi connectivity index (χ1v) is 4.86. The van der Waals surface area contributed by atoms with Gasteiger partial charge in [-0.15, -0.1) is 0 Å². The van der Waals surface area contributed by atoms with Crippen LogP contribution in [0.2, 0.25) is 0 Å². The number of benzene rings is 1. The number of aromatic nitrogens is 1. The quantitative estimate of drug-likeness (QED) is 0.706. The Bertz CT molecular complexity index is 468. The lowest BCUT2D eigenvalue weighted by Gasteiger charge is -2.06. The lowest BCUT2D eigenvalue weighted by Crippen LogP contribution is -1.92. The highest BCUT2D eigenvalue weighted by Gasteiger charge is 2.09. The highest BCUT2D eigenvalue weighted by atomic mass is 19.1. The van der Waals surface area contributed by atoms with Crippen LogP contribution in [-0.2, 0) is 0 Å². The van der Waals surface area contributed by atoms with E-state index in [9.17, 15) is 4.39 Å². The zero-order valence-corrected chi connectivity index (χ0v) is 8.69. The maximum absolute atomic E-state index is 13.6. The number of hydrogen-bond acceptors (Lipinski definition) is 0. The Balaban J connectivity index is 2.70. The maximum atomic E-state index is 13.6. The van der Waals surface area contributed by atoms with Crippen molar-refractivity contribution in [2.75, 3.05) is 0 Å². The molecule has 0 radical (unpaired) electrons. The summed E-state index contributed by atoms with van der Waals surface area (Å²) in [5, 5.41) is 1.09. The first-order valence-electron chi connectivity index (χ1n) is 4.86. The number of aryl methyl sites for hydroxylation is 1. The van der Waals surface area contributed by atoms with Crippen molar-refractivity contribution in [2.24, 2.45) is 0 Å². The van der Waals surface area contributed by atoms with Crippen LogP contribution in [0.5, 0.6) is 0 Å². The standard InChI is InChI=1S/C12H14FN/c1-7(2)10-5-9-4-8(3)14-12(9)6-11(10)13/h4-7,14H,1-3H3. The Hall–Kier alpha value is -1.31. The second kappa shape index (κ2) is 3.12. The molecule has 0 aliphatic rings. The highest BCUT2D eigenvalue weighted by molar-refractivity contribution is 5.81.